The van der Waals surface area contributed by atoms with Crippen LogP contribution >= 0.6 is 0 Å². The summed E-state index contributed by atoms with van der Waals surface area (Å²) in [6.07, 6.45) is 3.69. The second-order valence-corrected chi connectivity index (χ2v) is 7.56. The van der Waals surface area contributed by atoms with Crippen LogP contribution < -0.4 is 5.73 Å². The number of fused-ring (bicyclic) bond motifs is 3. The molecule has 2 aliphatic carbocycles. The molecule has 2 aromatic rings. The second kappa shape index (κ2) is 7.76. The fourth-order valence-electron chi connectivity index (χ4n) is 4.46. The van der Waals surface area contributed by atoms with Crippen molar-refractivity contribution in [1.82, 2.24) is 0 Å². The number of hydrogen-bond acceptors (Lipinski definition) is 5. The monoisotopic (exact) mass is 379 g/mol. The minimum atomic E-state index is -1.19. The van der Waals surface area contributed by atoms with Gasteiger partial charge in [-0.3, -0.25) is 4.79 Å². The van der Waals surface area contributed by atoms with Gasteiger partial charge in [0.2, 0.25) is 5.60 Å². The molecule has 5 nitrogen and oxygen atoms in total. The van der Waals surface area contributed by atoms with E-state index in [4.69, 9.17) is 15.2 Å². The molecule has 2 aromatic carbocycles. The summed E-state index contributed by atoms with van der Waals surface area (Å²) in [5.74, 6) is -1.02. The Bertz CT molecular complexity index is 840. The van der Waals surface area contributed by atoms with E-state index in [0.29, 0.717) is 12.8 Å². The maximum absolute atomic E-state index is 13.0. The van der Waals surface area contributed by atoms with Crippen molar-refractivity contribution in [3.63, 3.8) is 0 Å². The van der Waals surface area contributed by atoms with Crippen molar-refractivity contribution in [2.45, 2.75) is 43.6 Å². The lowest BCUT2D eigenvalue weighted by Crippen LogP contribution is -2.47. The van der Waals surface area contributed by atoms with Crippen LogP contribution in [0.3, 0.4) is 0 Å². The van der Waals surface area contributed by atoms with Crippen molar-refractivity contribution in [2.24, 2.45) is 5.73 Å². The van der Waals surface area contributed by atoms with Crippen LogP contribution in [0.5, 0.6) is 0 Å². The molecule has 0 bridgehead atoms. The first-order valence-electron chi connectivity index (χ1n) is 9.92. The number of benzene rings is 2. The van der Waals surface area contributed by atoms with Gasteiger partial charge in [0, 0.05) is 5.92 Å². The number of carbonyl (C=O) groups excluding carboxylic acids is 2. The average molecular weight is 379 g/mol. The Morgan fingerprint density at radius 1 is 0.929 bits per heavy atom. The van der Waals surface area contributed by atoms with Crippen LogP contribution in [0.15, 0.2) is 48.5 Å². The Hall–Kier alpha value is -2.66. The summed E-state index contributed by atoms with van der Waals surface area (Å²) in [4.78, 5) is 24.8. The van der Waals surface area contributed by atoms with E-state index in [9.17, 15) is 9.59 Å². The van der Waals surface area contributed by atoms with Crippen molar-refractivity contribution in [3.05, 3.63) is 59.7 Å². The third-order valence-electron chi connectivity index (χ3n) is 5.85. The molecule has 1 saturated carbocycles. The van der Waals surface area contributed by atoms with E-state index >= 15 is 0 Å². The van der Waals surface area contributed by atoms with Gasteiger partial charge in [-0.15, -0.1) is 0 Å². The molecule has 0 unspecified atom stereocenters. The molecule has 0 radical (unpaired) electrons. The van der Waals surface area contributed by atoms with E-state index in [1.54, 1.807) is 0 Å². The van der Waals surface area contributed by atoms with Crippen molar-refractivity contribution >= 4 is 11.9 Å². The first kappa shape index (κ1) is 18.7. The van der Waals surface area contributed by atoms with Crippen LogP contribution in [0.2, 0.25) is 0 Å². The summed E-state index contributed by atoms with van der Waals surface area (Å²) in [5, 5.41) is 0. The lowest BCUT2D eigenvalue weighted by molar-refractivity contribution is -0.186. The highest BCUT2D eigenvalue weighted by Gasteiger charge is 2.45. The van der Waals surface area contributed by atoms with E-state index in [1.807, 2.05) is 24.3 Å². The van der Waals surface area contributed by atoms with Gasteiger partial charge in [0.05, 0.1) is 6.54 Å². The standard InChI is InChI=1S/C23H25NO4/c24-14-21(25)28-23(12-6-1-7-13-23)22(26)27-15-20-18-10-4-2-8-16(18)17-9-3-5-11-19(17)20/h2-5,8-11,20H,1,6-7,12-15,24H2. The van der Waals surface area contributed by atoms with Crippen LogP contribution in [0.1, 0.15) is 49.1 Å². The largest absolute Gasteiger partial charge is 0.462 e. The molecule has 0 spiro atoms. The topological polar surface area (TPSA) is 78.6 Å². The molecule has 0 aromatic heterocycles. The van der Waals surface area contributed by atoms with Crippen LogP contribution in [-0.2, 0) is 19.1 Å². The summed E-state index contributed by atoms with van der Waals surface area (Å²) in [5.41, 5.74) is 8.90. The van der Waals surface area contributed by atoms with Gasteiger partial charge in [-0.05, 0) is 47.9 Å². The number of hydrogen-bond donors (Lipinski definition) is 1. The van der Waals surface area contributed by atoms with E-state index < -0.39 is 17.5 Å². The predicted octanol–water partition coefficient (Wildman–Crippen LogP) is 3.55. The molecule has 0 aliphatic heterocycles. The van der Waals surface area contributed by atoms with Crippen molar-refractivity contribution in [2.75, 3.05) is 13.2 Å². The zero-order valence-electron chi connectivity index (χ0n) is 15.9. The van der Waals surface area contributed by atoms with Gasteiger partial charge < -0.3 is 15.2 Å². The SMILES string of the molecule is NCC(=O)OC1(C(=O)OCC2c3ccccc3-c3ccccc32)CCCCC1. The molecular formula is C23H25NO4. The van der Waals surface area contributed by atoms with E-state index in [2.05, 4.69) is 24.3 Å². The fourth-order valence-corrected chi connectivity index (χ4v) is 4.46. The molecule has 0 saturated heterocycles. The van der Waals surface area contributed by atoms with Gasteiger partial charge in [0.15, 0.2) is 0 Å². The molecule has 0 atom stereocenters. The number of rotatable bonds is 5. The number of carbonyl (C=O) groups is 2. The van der Waals surface area contributed by atoms with Crippen LogP contribution in [-0.4, -0.2) is 30.7 Å². The van der Waals surface area contributed by atoms with Crippen LogP contribution in [0.25, 0.3) is 11.1 Å². The molecule has 4 rings (SSSR count). The average Bonchev–Trinajstić information content (AvgIpc) is 3.06. The fraction of sp³-hybridized carbons (Fsp3) is 0.391. The summed E-state index contributed by atoms with van der Waals surface area (Å²) < 4.78 is 11.3. The van der Waals surface area contributed by atoms with Crippen LogP contribution in [0, 0.1) is 0 Å². The van der Waals surface area contributed by atoms with Gasteiger partial charge in [-0.1, -0.05) is 55.0 Å². The van der Waals surface area contributed by atoms with E-state index in [-0.39, 0.29) is 19.1 Å². The molecular weight excluding hydrogens is 354 g/mol. The Morgan fingerprint density at radius 3 is 2.07 bits per heavy atom. The normalized spacial score (nSPS) is 17.5. The van der Waals surface area contributed by atoms with Crippen molar-refractivity contribution in [1.29, 1.82) is 0 Å². The first-order valence-corrected chi connectivity index (χ1v) is 9.92. The Balaban J connectivity index is 1.55. The third kappa shape index (κ3) is 3.31. The summed E-state index contributed by atoms with van der Waals surface area (Å²) in [6, 6.07) is 16.4. The zero-order valence-corrected chi connectivity index (χ0v) is 15.9. The molecule has 0 heterocycles. The van der Waals surface area contributed by atoms with Gasteiger partial charge in [-0.25, -0.2) is 4.79 Å². The Kier molecular flexibility index (Phi) is 5.18. The third-order valence-corrected chi connectivity index (χ3v) is 5.85. The highest BCUT2D eigenvalue weighted by atomic mass is 16.6. The maximum atomic E-state index is 13.0. The molecule has 1 fully saturated rings. The maximum Gasteiger partial charge on any atom is 0.350 e. The highest BCUT2D eigenvalue weighted by molar-refractivity contribution is 5.84. The minimum absolute atomic E-state index is 0.0119. The highest BCUT2D eigenvalue weighted by Crippen LogP contribution is 2.45. The summed E-state index contributed by atoms with van der Waals surface area (Å²) >= 11 is 0. The predicted molar refractivity (Wildman–Crippen MR) is 106 cm³/mol. The molecule has 5 heteroatoms. The lowest BCUT2D eigenvalue weighted by atomic mass is 9.84. The zero-order chi connectivity index (χ0) is 19.6. The van der Waals surface area contributed by atoms with Crippen molar-refractivity contribution in [3.8, 4) is 11.1 Å². The smallest absolute Gasteiger partial charge is 0.350 e. The first-order chi connectivity index (χ1) is 13.6. The summed E-state index contributed by atoms with van der Waals surface area (Å²) in [6.45, 7) is -0.00675. The van der Waals surface area contributed by atoms with Gasteiger partial charge in [-0.2, -0.15) is 0 Å². The van der Waals surface area contributed by atoms with Gasteiger partial charge in [0.25, 0.3) is 0 Å². The van der Waals surface area contributed by atoms with Gasteiger partial charge >= 0.3 is 11.9 Å². The molecule has 0 amide bonds. The Labute approximate surface area is 164 Å². The molecule has 28 heavy (non-hydrogen) atoms. The molecule has 2 N–H and O–H groups in total. The number of nitrogens with two attached hydrogens (primary N) is 1. The molecule has 2 aliphatic rings. The molecule has 146 valence electrons. The van der Waals surface area contributed by atoms with Crippen molar-refractivity contribution < 1.29 is 19.1 Å². The van der Waals surface area contributed by atoms with Crippen LogP contribution in [0.4, 0.5) is 0 Å². The number of esters is 2. The van der Waals surface area contributed by atoms with E-state index in [0.717, 1.165) is 30.4 Å². The number of ether oxygens (including phenoxy) is 2. The lowest BCUT2D eigenvalue weighted by Gasteiger charge is -2.34. The quantitative estimate of drug-likeness (QED) is 0.804. The second-order valence-electron chi connectivity index (χ2n) is 7.56. The Morgan fingerprint density at radius 2 is 1.50 bits per heavy atom. The van der Waals surface area contributed by atoms with Gasteiger partial charge in [0.1, 0.15) is 6.61 Å². The van der Waals surface area contributed by atoms with E-state index in [1.165, 1.54) is 11.1 Å². The minimum Gasteiger partial charge on any atom is -0.462 e. The summed E-state index contributed by atoms with van der Waals surface area (Å²) in [7, 11) is 0.